The fourth-order valence-electron chi connectivity index (χ4n) is 0.949. The van der Waals surface area contributed by atoms with E-state index >= 15 is 0 Å². The first-order valence-electron chi connectivity index (χ1n) is 6.33. The molecule has 0 bridgehead atoms. The van der Waals surface area contributed by atoms with Crippen molar-refractivity contribution < 1.29 is 19.1 Å². The van der Waals surface area contributed by atoms with Gasteiger partial charge in [0.1, 0.15) is 11.2 Å². The van der Waals surface area contributed by atoms with Crippen LogP contribution in [0, 0.1) is 5.41 Å². The molecule has 4 nitrogen and oxygen atoms in total. The van der Waals surface area contributed by atoms with E-state index in [-0.39, 0.29) is 5.97 Å². The first kappa shape index (κ1) is 17.7. The molecule has 0 aliphatic carbocycles. The van der Waals surface area contributed by atoms with E-state index in [0.717, 1.165) is 0 Å². The van der Waals surface area contributed by atoms with Gasteiger partial charge in [-0.2, -0.15) is 0 Å². The third-order valence-corrected chi connectivity index (χ3v) is 3.11. The van der Waals surface area contributed by atoms with E-state index in [9.17, 15) is 9.59 Å². The number of carbonyl (C=O) groups excluding carboxylic acids is 2. The molecule has 19 heavy (non-hydrogen) atoms. The smallest absolute Gasteiger partial charge is 0.333 e. The van der Waals surface area contributed by atoms with Gasteiger partial charge in [-0.25, -0.2) is 4.79 Å². The van der Waals surface area contributed by atoms with Gasteiger partial charge in [0.2, 0.25) is 0 Å². The van der Waals surface area contributed by atoms with Crippen molar-refractivity contribution in [3.05, 3.63) is 12.2 Å². The summed E-state index contributed by atoms with van der Waals surface area (Å²) in [6.45, 7) is 17.3. The molecule has 0 heterocycles. The van der Waals surface area contributed by atoms with Gasteiger partial charge in [-0.1, -0.05) is 6.58 Å². The van der Waals surface area contributed by atoms with Crippen LogP contribution in [0.4, 0.5) is 0 Å². The second-order valence-electron chi connectivity index (χ2n) is 6.83. The van der Waals surface area contributed by atoms with Crippen molar-refractivity contribution in [2.45, 2.75) is 66.6 Å². The Morgan fingerprint density at radius 3 is 1.53 bits per heavy atom. The summed E-state index contributed by atoms with van der Waals surface area (Å²) in [7, 11) is 0. The van der Waals surface area contributed by atoms with Gasteiger partial charge in [-0.05, 0) is 55.4 Å². The Hall–Kier alpha value is -1.32. The molecule has 0 atom stereocenters. The van der Waals surface area contributed by atoms with E-state index in [1.165, 1.54) is 0 Å². The predicted octanol–water partition coefficient (Wildman–Crippen LogP) is 3.25. The zero-order valence-electron chi connectivity index (χ0n) is 13.3. The fraction of sp³-hybridized carbons (Fsp3) is 0.733. The third-order valence-electron chi connectivity index (χ3n) is 3.11. The number of hydrogen-bond donors (Lipinski definition) is 0. The molecule has 0 unspecified atom stereocenters. The molecule has 4 heteroatoms. The molecular formula is C15H26O4. The first-order chi connectivity index (χ1) is 8.21. The molecule has 0 amide bonds. The van der Waals surface area contributed by atoms with E-state index in [1.54, 1.807) is 55.4 Å². The minimum absolute atomic E-state index is 0.311. The van der Waals surface area contributed by atoms with Crippen LogP contribution in [-0.2, 0) is 19.1 Å². The van der Waals surface area contributed by atoms with Crippen molar-refractivity contribution in [3.8, 4) is 0 Å². The monoisotopic (exact) mass is 270 g/mol. The topological polar surface area (TPSA) is 52.6 Å². The maximum atomic E-state index is 12.0. The molecule has 0 aromatic carbocycles. The normalized spacial score (nSPS) is 12.8. The molecule has 0 aromatic heterocycles. The Kier molecular flexibility index (Phi) is 4.98. The standard InChI is InChI=1S/C15H26O4/c1-10(2)11(16)18-14(6,7)15(8,9)19-12(17)13(3,4)5/h1H2,2-9H3. The van der Waals surface area contributed by atoms with Crippen molar-refractivity contribution in [1.29, 1.82) is 0 Å². The molecule has 0 aromatic rings. The van der Waals surface area contributed by atoms with Crippen LogP contribution in [-0.4, -0.2) is 23.1 Å². The zero-order valence-corrected chi connectivity index (χ0v) is 13.3. The first-order valence-corrected chi connectivity index (χ1v) is 6.33. The van der Waals surface area contributed by atoms with Gasteiger partial charge >= 0.3 is 11.9 Å². The maximum Gasteiger partial charge on any atom is 0.333 e. The third kappa shape index (κ3) is 4.69. The van der Waals surface area contributed by atoms with E-state index in [4.69, 9.17) is 9.47 Å². The summed E-state index contributed by atoms with van der Waals surface area (Å²) in [5.41, 5.74) is -2.19. The van der Waals surface area contributed by atoms with E-state index in [1.807, 2.05) is 0 Å². The summed E-state index contributed by atoms with van der Waals surface area (Å²) >= 11 is 0. The summed E-state index contributed by atoms with van der Waals surface area (Å²) < 4.78 is 10.9. The predicted molar refractivity (Wildman–Crippen MR) is 74.6 cm³/mol. The molecule has 0 rings (SSSR count). The minimum Gasteiger partial charge on any atom is -0.455 e. The van der Waals surface area contributed by atoms with Crippen LogP contribution < -0.4 is 0 Å². The fourth-order valence-corrected chi connectivity index (χ4v) is 0.949. The lowest BCUT2D eigenvalue weighted by Crippen LogP contribution is -2.52. The Bertz CT molecular complexity index is 383. The molecule has 0 aliphatic rings. The van der Waals surface area contributed by atoms with E-state index in [2.05, 4.69) is 6.58 Å². The summed E-state index contributed by atoms with van der Waals surface area (Å²) in [4.78, 5) is 23.6. The van der Waals surface area contributed by atoms with E-state index < -0.39 is 22.6 Å². The molecule has 0 radical (unpaired) electrons. The number of rotatable bonds is 4. The second kappa shape index (κ2) is 5.35. The number of hydrogen-bond acceptors (Lipinski definition) is 4. The lowest BCUT2D eigenvalue weighted by atomic mass is 9.88. The minimum atomic E-state index is -0.954. The van der Waals surface area contributed by atoms with Crippen LogP contribution in [0.2, 0.25) is 0 Å². The zero-order chi connectivity index (χ0) is 15.6. The maximum absolute atomic E-state index is 12.0. The van der Waals surface area contributed by atoms with Crippen molar-refractivity contribution in [2.24, 2.45) is 5.41 Å². The number of ether oxygens (including phenoxy) is 2. The number of esters is 2. The number of carbonyl (C=O) groups is 2. The molecule has 0 spiro atoms. The van der Waals surface area contributed by atoms with Crippen LogP contribution in [0.3, 0.4) is 0 Å². The Morgan fingerprint density at radius 2 is 1.21 bits per heavy atom. The lowest BCUT2D eigenvalue weighted by molar-refractivity contribution is -0.202. The Labute approximate surface area is 116 Å². The van der Waals surface area contributed by atoms with Crippen LogP contribution in [0.5, 0.6) is 0 Å². The molecule has 0 saturated carbocycles. The van der Waals surface area contributed by atoms with Gasteiger partial charge in [-0.15, -0.1) is 0 Å². The molecule has 0 saturated heterocycles. The highest BCUT2D eigenvalue weighted by Crippen LogP contribution is 2.32. The van der Waals surface area contributed by atoms with E-state index in [0.29, 0.717) is 5.57 Å². The van der Waals surface area contributed by atoms with Gasteiger partial charge in [-0.3, -0.25) is 4.79 Å². The molecule has 110 valence electrons. The van der Waals surface area contributed by atoms with Crippen molar-refractivity contribution in [3.63, 3.8) is 0 Å². The SMILES string of the molecule is C=C(C)C(=O)OC(C)(C)C(C)(C)OC(=O)C(C)(C)C. The lowest BCUT2D eigenvalue weighted by Gasteiger charge is -2.41. The van der Waals surface area contributed by atoms with Gasteiger partial charge in [0.25, 0.3) is 0 Å². The Balaban J connectivity index is 5.02. The molecular weight excluding hydrogens is 244 g/mol. The van der Waals surface area contributed by atoms with Crippen molar-refractivity contribution >= 4 is 11.9 Å². The van der Waals surface area contributed by atoms with Crippen LogP contribution in [0.1, 0.15) is 55.4 Å². The average Bonchev–Trinajstić information content (AvgIpc) is 2.13. The second-order valence-corrected chi connectivity index (χ2v) is 6.83. The highest BCUT2D eigenvalue weighted by Gasteiger charge is 2.45. The highest BCUT2D eigenvalue weighted by atomic mass is 16.6. The summed E-state index contributed by atoms with van der Waals surface area (Å²) in [5, 5.41) is 0. The average molecular weight is 270 g/mol. The largest absolute Gasteiger partial charge is 0.455 e. The molecule has 0 fully saturated rings. The van der Waals surface area contributed by atoms with Crippen LogP contribution in [0.25, 0.3) is 0 Å². The van der Waals surface area contributed by atoms with Crippen LogP contribution in [0.15, 0.2) is 12.2 Å². The summed E-state index contributed by atoms with van der Waals surface area (Å²) in [5.74, 6) is -0.832. The van der Waals surface area contributed by atoms with Gasteiger partial charge in [0, 0.05) is 5.57 Å². The van der Waals surface area contributed by atoms with Crippen LogP contribution >= 0.6 is 0 Å². The summed E-state index contributed by atoms with van der Waals surface area (Å²) in [6.07, 6.45) is 0. The highest BCUT2D eigenvalue weighted by molar-refractivity contribution is 5.87. The van der Waals surface area contributed by atoms with Gasteiger partial charge in [0.15, 0.2) is 0 Å². The van der Waals surface area contributed by atoms with Gasteiger partial charge in [0.05, 0.1) is 5.41 Å². The molecule has 0 aliphatic heterocycles. The van der Waals surface area contributed by atoms with Crippen molar-refractivity contribution in [2.75, 3.05) is 0 Å². The van der Waals surface area contributed by atoms with Crippen molar-refractivity contribution in [1.82, 2.24) is 0 Å². The Morgan fingerprint density at radius 1 is 0.842 bits per heavy atom. The quantitative estimate of drug-likeness (QED) is 0.581. The van der Waals surface area contributed by atoms with Gasteiger partial charge < -0.3 is 9.47 Å². The molecule has 0 N–H and O–H groups in total. The summed E-state index contributed by atoms with van der Waals surface area (Å²) in [6, 6.07) is 0.